The lowest BCUT2D eigenvalue weighted by Crippen LogP contribution is -2.39. The molecule has 20 heavy (non-hydrogen) atoms. The third-order valence-electron chi connectivity index (χ3n) is 2.60. The summed E-state index contributed by atoms with van der Waals surface area (Å²) in [6.07, 6.45) is 0. The van der Waals surface area contributed by atoms with Gasteiger partial charge in [-0.2, -0.15) is 0 Å². The van der Waals surface area contributed by atoms with Crippen molar-refractivity contribution in [1.29, 1.82) is 0 Å². The van der Waals surface area contributed by atoms with Crippen LogP contribution in [0, 0.1) is 0 Å². The number of benzene rings is 1. The Labute approximate surface area is 118 Å². The van der Waals surface area contributed by atoms with Crippen LogP contribution in [0.5, 0.6) is 0 Å². The van der Waals surface area contributed by atoms with Crippen LogP contribution in [0.15, 0.2) is 29.2 Å². The minimum atomic E-state index is -3.72. The molecule has 0 unspecified atom stereocenters. The van der Waals surface area contributed by atoms with Crippen molar-refractivity contribution in [2.24, 2.45) is 5.14 Å². The highest BCUT2D eigenvalue weighted by molar-refractivity contribution is 7.89. The van der Waals surface area contributed by atoms with Crippen molar-refractivity contribution in [2.75, 3.05) is 25.6 Å². The minimum Gasteiger partial charge on any atom is -0.383 e. The number of anilines is 1. The van der Waals surface area contributed by atoms with Gasteiger partial charge in [0.1, 0.15) is 0 Å². The predicted octanol–water partition coefficient (Wildman–Crippen LogP) is -0.103. The van der Waals surface area contributed by atoms with Crippen molar-refractivity contribution in [3.8, 4) is 0 Å². The Balaban J connectivity index is 2.58. The molecular formula is C12H19N3O4S. The van der Waals surface area contributed by atoms with Crippen molar-refractivity contribution in [2.45, 2.75) is 17.9 Å². The molecule has 0 radical (unpaired) electrons. The molecule has 0 aliphatic carbocycles. The number of nitrogens with two attached hydrogens (primary N) is 1. The van der Waals surface area contributed by atoms with Crippen LogP contribution in [-0.4, -0.2) is 40.6 Å². The summed E-state index contributed by atoms with van der Waals surface area (Å²) < 4.78 is 27.1. The second kappa shape index (κ2) is 7.34. The van der Waals surface area contributed by atoms with Gasteiger partial charge in [-0.1, -0.05) is 0 Å². The number of hydrogen-bond donors (Lipinski definition) is 3. The predicted molar refractivity (Wildman–Crippen MR) is 75.8 cm³/mol. The number of amides is 1. The van der Waals surface area contributed by atoms with Crippen LogP contribution in [0.4, 0.5) is 5.69 Å². The first-order valence-corrected chi connectivity index (χ1v) is 7.55. The maximum atomic E-state index is 11.8. The number of primary sulfonamides is 1. The summed E-state index contributed by atoms with van der Waals surface area (Å²) in [5.74, 6) is -0.218. The van der Waals surface area contributed by atoms with Gasteiger partial charge in [0.15, 0.2) is 0 Å². The van der Waals surface area contributed by atoms with E-state index in [1.165, 1.54) is 24.3 Å². The van der Waals surface area contributed by atoms with Gasteiger partial charge in [-0.05, 0) is 31.2 Å². The quantitative estimate of drug-likeness (QED) is 0.609. The molecule has 0 saturated carbocycles. The summed E-state index contributed by atoms with van der Waals surface area (Å²) in [6.45, 7) is 2.81. The first-order valence-electron chi connectivity index (χ1n) is 6.00. The fourth-order valence-electron chi connectivity index (χ4n) is 1.45. The highest BCUT2D eigenvalue weighted by Gasteiger charge is 2.12. The Hall–Kier alpha value is -1.48. The Kier molecular flexibility index (Phi) is 6.08. The first kappa shape index (κ1) is 16.6. The largest absolute Gasteiger partial charge is 0.383 e. The van der Waals surface area contributed by atoms with Crippen molar-refractivity contribution >= 4 is 21.6 Å². The molecule has 1 amide bonds. The molecule has 112 valence electrons. The monoisotopic (exact) mass is 301 g/mol. The number of carbonyl (C=O) groups excluding carboxylic acids is 1. The van der Waals surface area contributed by atoms with Crippen molar-refractivity contribution < 1.29 is 17.9 Å². The zero-order chi connectivity index (χ0) is 15.2. The highest BCUT2D eigenvalue weighted by Crippen LogP contribution is 2.12. The van der Waals surface area contributed by atoms with E-state index in [1.807, 2.05) is 0 Å². The van der Waals surface area contributed by atoms with E-state index in [0.717, 1.165) is 0 Å². The second-order valence-corrected chi connectivity index (χ2v) is 5.79. The molecule has 0 bridgehead atoms. The number of carbonyl (C=O) groups is 1. The lowest BCUT2D eigenvalue weighted by Gasteiger charge is -2.13. The summed E-state index contributed by atoms with van der Waals surface area (Å²) >= 11 is 0. The van der Waals surface area contributed by atoms with E-state index in [9.17, 15) is 13.2 Å². The number of hydrogen-bond acceptors (Lipinski definition) is 5. The van der Waals surface area contributed by atoms with Crippen molar-refractivity contribution in [3.63, 3.8) is 0 Å². The molecule has 0 aromatic heterocycles. The summed E-state index contributed by atoms with van der Waals surface area (Å²) in [4.78, 5) is 11.8. The van der Waals surface area contributed by atoms with Gasteiger partial charge in [-0.3, -0.25) is 4.79 Å². The molecule has 7 nitrogen and oxygen atoms in total. The molecule has 4 N–H and O–H groups in total. The number of nitrogens with one attached hydrogen (secondary N) is 2. The normalized spacial score (nSPS) is 12.9. The van der Waals surface area contributed by atoms with Gasteiger partial charge in [0.05, 0.1) is 17.5 Å². The van der Waals surface area contributed by atoms with Crippen LogP contribution >= 0.6 is 0 Å². The van der Waals surface area contributed by atoms with Gasteiger partial charge in [-0.25, -0.2) is 13.6 Å². The average Bonchev–Trinajstić information content (AvgIpc) is 2.38. The Morgan fingerprint density at radius 3 is 2.45 bits per heavy atom. The van der Waals surface area contributed by atoms with Gasteiger partial charge in [0.25, 0.3) is 0 Å². The highest BCUT2D eigenvalue weighted by atomic mass is 32.2. The fourth-order valence-corrected chi connectivity index (χ4v) is 1.96. The van der Waals surface area contributed by atoms with Crippen LogP contribution in [0.2, 0.25) is 0 Å². The van der Waals surface area contributed by atoms with Gasteiger partial charge >= 0.3 is 0 Å². The van der Waals surface area contributed by atoms with E-state index in [-0.39, 0.29) is 16.8 Å². The second-order valence-electron chi connectivity index (χ2n) is 4.23. The lowest BCUT2D eigenvalue weighted by molar-refractivity contribution is -0.117. The molecular weight excluding hydrogens is 282 g/mol. The fraction of sp³-hybridized carbons (Fsp3) is 0.417. The van der Waals surface area contributed by atoms with Crippen molar-refractivity contribution in [3.05, 3.63) is 24.3 Å². The van der Waals surface area contributed by atoms with E-state index in [0.29, 0.717) is 18.8 Å². The average molecular weight is 301 g/mol. The smallest absolute Gasteiger partial charge is 0.241 e. The molecule has 0 fully saturated rings. The number of rotatable bonds is 7. The summed E-state index contributed by atoms with van der Waals surface area (Å²) in [6, 6.07) is 5.27. The van der Waals surface area contributed by atoms with Gasteiger partial charge in [0.2, 0.25) is 15.9 Å². The Bertz CT molecular complexity index is 542. The maximum absolute atomic E-state index is 11.8. The van der Waals surface area contributed by atoms with Crippen LogP contribution in [0.25, 0.3) is 0 Å². The zero-order valence-electron chi connectivity index (χ0n) is 11.4. The minimum absolute atomic E-state index is 0.00164. The van der Waals surface area contributed by atoms with E-state index in [1.54, 1.807) is 14.0 Å². The SMILES string of the molecule is COCCN[C@@H](C)C(=O)Nc1ccc(S(N)(=O)=O)cc1. The van der Waals surface area contributed by atoms with Gasteiger partial charge in [-0.15, -0.1) is 0 Å². The lowest BCUT2D eigenvalue weighted by atomic mass is 10.2. The topological polar surface area (TPSA) is 111 Å². The Morgan fingerprint density at radius 2 is 1.95 bits per heavy atom. The Morgan fingerprint density at radius 1 is 1.35 bits per heavy atom. The van der Waals surface area contributed by atoms with E-state index >= 15 is 0 Å². The van der Waals surface area contributed by atoms with E-state index in [2.05, 4.69) is 10.6 Å². The molecule has 0 aliphatic heterocycles. The molecule has 0 heterocycles. The summed E-state index contributed by atoms with van der Waals surface area (Å²) in [7, 11) is -2.14. The van der Waals surface area contributed by atoms with E-state index in [4.69, 9.17) is 9.88 Å². The van der Waals surface area contributed by atoms with Crippen molar-refractivity contribution in [1.82, 2.24) is 5.32 Å². The molecule has 1 aromatic rings. The van der Waals surface area contributed by atoms with Crippen LogP contribution < -0.4 is 15.8 Å². The number of sulfonamides is 1. The number of ether oxygens (including phenoxy) is 1. The number of methoxy groups -OCH3 is 1. The van der Waals surface area contributed by atoms with Gasteiger partial charge in [0, 0.05) is 19.3 Å². The molecule has 0 saturated heterocycles. The first-order chi connectivity index (χ1) is 9.34. The standard InChI is InChI=1S/C12H19N3O4S/c1-9(14-7-8-19-2)12(16)15-10-3-5-11(6-4-10)20(13,17)18/h3-6,9,14H,7-8H2,1-2H3,(H,15,16)(H2,13,17,18)/t9-/m0/s1. The molecule has 0 aliphatic rings. The molecule has 1 aromatic carbocycles. The van der Waals surface area contributed by atoms with Crippen LogP contribution in [-0.2, 0) is 19.6 Å². The van der Waals surface area contributed by atoms with Crippen LogP contribution in [0.3, 0.4) is 0 Å². The molecule has 0 spiro atoms. The summed E-state index contributed by atoms with van der Waals surface area (Å²) in [5, 5.41) is 10.6. The zero-order valence-corrected chi connectivity index (χ0v) is 12.2. The summed E-state index contributed by atoms with van der Waals surface area (Å²) in [5.41, 5.74) is 0.503. The molecule has 1 atom stereocenters. The molecule has 8 heteroatoms. The van der Waals surface area contributed by atoms with Crippen LogP contribution in [0.1, 0.15) is 6.92 Å². The third-order valence-corrected chi connectivity index (χ3v) is 3.53. The molecule has 1 rings (SSSR count). The maximum Gasteiger partial charge on any atom is 0.241 e. The van der Waals surface area contributed by atoms with E-state index < -0.39 is 10.0 Å². The third kappa shape index (κ3) is 5.25. The van der Waals surface area contributed by atoms with Gasteiger partial charge < -0.3 is 15.4 Å².